The standard InChI is InChI=1S/C7H14O6/c1-12-7-6(11)5(10)4(9)3(2-8)13-7/h3-11H,2H2,1H3/t3-,4+,5-,6+,7-/m1/s1. The van der Waals surface area contributed by atoms with Crippen molar-refractivity contribution in [3.63, 3.8) is 0 Å². The molecule has 78 valence electrons. The third-order valence-electron chi connectivity index (χ3n) is 2.08. The normalized spacial score (nSPS) is 46.4. The van der Waals surface area contributed by atoms with Gasteiger partial charge in [-0.2, -0.15) is 0 Å². The molecule has 1 aliphatic rings. The first-order valence-corrected chi connectivity index (χ1v) is 3.95. The highest BCUT2D eigenvalue weighted by Gasteiger charge is 2.43. The molecule has 1 aliphatic heterocycles. The van der Waals surface area contributed by atoms with Crippen molar-refractivity contribution in [3.05, 3.63) is 0 Å². The van der Waals surface area contributed by atoms with Crippen molar-refractivity contribution in [2.24, 2.45) is 0 Å². The highest BCUT2D eigenvalue weighted by atomic mass is 16.7. The Bertz CT molecular complexity index is 143. The van der Waals surface area contributed by atoms with Crippen LogP contribution >= 0.6 is 0 Å². The molecule has 0 aromatic rings. The van der Waals surface area contributed by atoms with E-state index in [4.69, 9.17) is 14.6 Å². The molecule has 1 rings (SSSR count). The summed E-state index contributed by atoms with van der Waals surface area (Å²) in [7, 11) is 1.30. The molecule has 6 heteroatoms. The first-order chi connectivity index (χ1) is 6.11. The Balaban J connectivity index is 2.66. The molecular formula is C7H14O6. The molecule has 0 bridgehead atoms. The van der Waals surface area contributed by atoms with Gasteiger partial charge in [0.05, 0.1) is 6.61 Å². The number of aliphatic hydroxyl groups excluding tert-OH is 4. The molecule has 13 heavy (non-hydrogen) atoms. The van der Waals surface area contributed by atoms with Crippen LogP contribution in [-0.2, 0) is 9.47 Å². The van der Waals surface area contributed by atoms with E-state index in [1.54, 1.807) is 0 Å². The molecule has 4 N–H and O–H groups in total. The van der Waals surface area contributed by atoms with E-state index in [9.17, 15) is 15.3 Å². The van der Waals surface area contributed by atoms with Crippen LogP contribution < -0.4 is 0 Å². The average Bonchev–Trinajstić information content (AvgIpc) is 2.15. The predicted octanol–water partition coefficient (Wildman–Crippen LogP) is -2.57. The molecule has 0 aliphatic carbocycles. The predicted molar refractivity (Wildman–Crippen MR) is 40.8 cm³/mol. The van der Waals surface area contributed by atoms with E-state index in [2.05, 4.69) is 0 Å². The van der Waals surface area contributed by atoms with Crippen molar-refractivity contribution >= 4 is 0 Å². The second-order valence-corrected chi connectivity index (χ2v) is 2.93. The van der Waals surface area contributed by atoms with Gasteiger partial charge in [0, 0.05) is 7.11 Å². The Morgan fingerprint density at radius 2 is 1.77 bits per heavy atom. The molecule has 1 heterocycles. The lowest BCUT2D eigenvalue weighted by molar-refractivity contribution is -0.294. The Hall–Kier alpha value is -0.240. The number of rotatable bonds is 2. The fraction of sp³-hybridized carbons (Fsp3) is 1.00. The zero-order valence-electron chi connectivity index (χ0n) is 7.20. The Kier molecular flexibility index (Phi) is 3.60. The summed E-state index contributed by atoms with van der Waals surface area (Å²) in [5.74, 6) is 0. The van der Waals surface area contributed by atoms with E-state index in [1.165, 1.54) is 7.11 Å². The van der Waals surface area contributed by atoms with Crippen molar-refractivity contribution in [2.75, 3.05) is 13.7 Å². The highest BCUT2D eigenvalue weighted by molar-refractivity contribution is 4.88. The van der Waals surface area contributed by atoms with Crippen LogP contribution in [0.2, 0.25) is 0 Å². The van der Waals surface area contributed by atoms with E-state index >= 15 is 0 Å². The second-order valence-electron chi connectivity index (χ2n) is 2.93. The third kappa shape index (κ3) is 1.98. The lowest BCUT2D eigenvalue weighted by Gasteiger charge is -2.38. The zero-order chi connectivity index (χ0) is 10.0. The SMILES string of the molecule is CO[C@@H]1O[C@H](CO)[C@H](O)[C@@H](O)[C@@H]1O. The number of ether oxygens (including phenoxy) is 2. The van der Waals surface area contributed by atoms with Gasteiger partial charge in [0.25, 0.3) is 0 Å². The van der Waals surface area contributed by atoms with Gasteiger partial charge in [0.2, 0.25) is 0 Å². The minimum Gasteiger partial charge on any atom is -0.394 e. The lowest BCUT2D eigenvalue weighted by atomic mass is 9.99. The summed E-state index contributed by atoms with van der Waals surface area (Å²) in [5, 5.41) is 36.6. The van der Waals surface area contributed by atoms with Crippen molar-refractivity contribution in [1.82, 2.24) is 0 Å². The Morgan fingerprint density at radius 3 is 2.23 bits per heavy atom. The van der Waals surface area contributed by atoms with Crippen LogP contribution in [0.25, 0.3) is 0 Å². The molecule has 0 amide bonds. The van der Waals surface area contributed by atoms with Crippen molar-refractivity contribution < 1.29 is 29.9 Å². The van der Waals surface area contributed by atoms with Crippen molar-refractivity contribution in [3.8, 4) is 0 Å². The van der Waals surface area contributed by atoms with Gasteiger partial charge in [-0.05, 0) is 0 Å². The summed E-state index contributed by atoms with van der Waals surface area (Å²) < 4.78 is 9.65. The van der Waals surface area contributed by atoms with Gasteiger partial charge in [-0.1, -0.05) is 0 Å². The molecule has 0 radical (unpaired) electrons. The molecule has 1 fully saturated rings. The smallest absolute Gasteiger partial charge is 0.186 e. The minimum atomic E-state index is -1.36. The molecule has 0 aromatic heterocycles. The largest absolute Gasteiger partial charge is 0.394 e. The first kappa shape index (κ1) is 10.8. The van der Waals surface area contributed by atoms with Crippen LogP contribution in [0.1, 0.15) is 0 Å². The molecular weight excluding hydrogens is 180 g/mol. The maximum atomic E-state index is 9.28. The lowest BCUT2D eigenvalue weighted by Crippen LogP contribution is -2.58. The van der Waals surface area contributed by atoms with Crippen LogP contribution in [0, 0.1) is 0 Å². The maximum absolute atomic E-state index is 9.28. The van der Waals surface area contributed by atoms with E-state index < -0.39 is 37.3 Å². The van der Waals surface area contributed by atoms with Crippen LogP contribution in [0.4, 0.5) is 0 Å². The van der Waals surface area contributed by atoms with Crippen molar-refractivity contribution in [2.45, 2.75) is 30.7 Å². The first-order valence-electron chi connectivity index (χ1n) is 3.95. The van der Waals surface area contributed by atoms with Crippen LogP contribution in [0.5, 0.6) is 0 Å². The summed E-state index contributed by atoms with van der Waals surface area (Å²) in [6, 6.07) is 0. The number of methoxy groups -OCH3 is 1. The molecule has 6 nitrogen and oxygen atoms in total. The fourth-order valence-corrected chi connectivity index (χ4v) is 1.26. The zero-order valence-corrected chi connectivity index (χ0v) is 7.20. The molecule has 0 spiro atoms. The quantitative estimate of drug-likeness (QED) is 0.386. The van der Waals surface area contributed by atoms with E-state index in [0.29, 0.717) is 0 Å². The maximum Gasteiger partial charge on any atom is 0.186 e. The molecule has 5 atom stereocenters. The summed E-state index contributed by atoms with van der Waals surface area (Å²) in [6.07, 6.45) is -5.91. The summed E-state index contributed by atoms with van der Waals surface area (Å²) in [6.45, 7) is -0.440. The van der Waals surface area contributed by atoms with Gasteiger partial charge in [-0.25, -0.2) is 0 Å². The summed E-state index contributed by atoms with van der Waals surface area (Å²) in [4.78, 5) is 0. The monoisotopic (exact) mass is 194 g/mol. The van der Waals surface area contributed by atoms with Crippen LogP contribution in [0.15, 0.2) is 0 Å². The van der Waals surface area contributed by atoms with Gasteiger partial charge in [-0.15, -0.1) is 0 Å². The minimum absolute atomic E-state index is 0.440. The number of aliphatic hydroxyl groups is 4. The Morgan fingerprint density at radius 1 is 1.15 bits per heavy atom. The third-order valence-corrected chi connectivity index (χ3v) is 2.08. The topological polar surface area (TPSA) is 99.4 Å². The van der Waals surface area contributed by atoms with Gasteiger partial charge in [0.1, 0.15) is 24.4 Å². The second kappa shape index (κ2) is 4.32. The summed E-state index contributed by atoms with van der Waals surface area (Å²) in [5.41, 5.74) is 0. The fourth-order valence-electron chi connectivity index (χ4n) is 1.26. The van der Waals surface area contributed by atoms with E-state index in [0.717, 1.165) is 0 Å². The van der Waals surface area contributed by atoms with Crippen molar-refractivity contribution in [1.29, 1.82) is 0 Å². The highest BCUT2D eigenvalue weighted by Crippen LogP contribution is 2.20. The average molecular weight is 194 g/mol. The van der Waals surface area contributed by atoms with Gasteiger partial charge in [0.15, 0.2) is 6.29 Å². The Labute approximate surface area is 75.3 Å². The molecule has 0 saturated carbocycles. The van der Waals surface area contributed by atoms with E-state index in [-0.39, 0.29) is 0 Å². The van der Waals surface area contributed by atoms with Gasteiger partial charge < -0.3 is 29.9 Å². The van der Waals surface area contributed by atoms with Crippen LogP contribution in [-0.4, -0.2) is 64.8 Å². The van der Waals surface area contributed by atoms with Crippen LogP contribution in [0.3, 0.4) is 0 Å². The molecule has 0 unspecified atom stereocenters. The van der Waals surface area contributed by atoms with Gasteiger partial charge >= 0.3 is 0 Å². The molecule has 1 saturated heterocycles. The van der Waals surface area contributed by atoms with E-state index in [1.807, 2.05) is 0 Å². The molecule has 0 aromatic carbocycles. The number of hydrogen-bond acceptors (Lipinski definition) is 6. The summed E-state index contributed by atoms with van der Waals surface area (Å²) >= 11 is 0. The van der Waals surface area contributed by atoms with Gasteiger partial charge in [-0.3, -0.25) is 0 Å². The number of hydrogen-bond donors (Lipinski definition) is 4.